The predicted octanol–water partition coefficient (Wildman–Crippen LogP) is -5.81. The monoisotopic (exact) mass is 330 g/mol. The SMILES string of the molecule is OC(O)CN(CC(O)O)CC(O)CN(CC(O)O)CC(O)O. The van der Waals surface area contributed by atoms with E-state index in [0.29, 0.717) is 0 Å². The minimum absolute atomic E-state index is 0.172. The summed E-state index contributed by atoms with van der Waals surface area (Å²) in [4.78, 5) is 2.37. The van der Waals surface area contributed by atoms with E-state index in [1.165, 1.54) is 9.80 Å². The number of aliphatic hydroxyl groups is 9. The molecule has 9 N–H and O–H groups in total. The van der Waals surface area contributed by atoms with Gasteiger partial charge in [-0.2, -0.15) is 0 Å². The molecule has 0 unspecified atom stereocenters. The summed E-state index contributed by atoms with van der Waals surface area (Å²) in [5.74, 6) is 0. The molecule has 0 aliphatic carbocycles. The highest BCUT2D eigenvalue weighted by molar-refractivity contribution is 4.71. The van der Waals surface area contributed by atoms with E-state index in [4.69, 9.17) is 40.9 Å². The third kappa shape index (κ3) is 12.1. The van der Waals surface area contributed by atoms with Gasteiger partial charge in [-0.05, 0) is 0 Å². The molecule has 0 aliphatic heterocycles. The molecular weight excluding hydrogens is 304 g/mol. The van der Waals surface area contributed by atoms with Crippen LogP contribution in [0.3, 0.4) is 0 Å². The first-order chi connectivity index (χ1) is 10.1. The highest BCUT2D eigenvalue weighted by Gasteiger charge is 2.21. The maximum Gasteiger partial charge on any atom is 0.164 e. The zero-order valence-electron chi connectivity index (χ0n) is 12.0. The lowest BCUT2D eigenvalue weighted by atomic mass is 10.2. The number of aliphatic hydroxyl groups excluding tert-OH is 5. The number of hydrogen-bond donors (Lipinski definition) is 9. The number of hydrogen-bond acceptors (Lipinski definition) is 11. The van der Waals surface area contributed by atoms with Crippen LogP contribution in [-0.2, 0) is 0 Å². The van der Waals surface area contributed by atoms with Crippen LogP contribution in [0.5, 0.6) is 0 Å². The summed E-state index contributed by atoms with van der Waals surface area (Å²) in [6.07, 6.45) is -8.09. The molecule has 0 radical (unpaired) electrons. The van der Waals surface area contributed by atoms with Gasteiger partial charge in [-0.25, -0.2) is 0 Å². The Morgan fingerprint density at radius 1 is 0.409 bits per heavy atom. The zero-order valence-corrected chi connectivity index (χ0v) is 12.0. The van der Waals surface area contributed by atoms with E-state index < -0.39 is 31.3 Å². The molecule has 0 fully saturated rings. The Kier molecular flexibility index (Phi) is 10.9. The number of nitrogens with zero attached hydrogens (tertiary/aromatic N) is 2. The van der Waals surface area contributed by atoms with Gasteiger partial charge >= 0.3 is 0 Å². The summed E-state index contributed by atoms with van der Waals surface area (Å²) in [6.45, 7) is -1.68. The summed E-state index contributed by atoms with van der Waals surface area (Å²) < 4.78 is 0. The molecule has 0 aromatic carbocycles. The van der Waals surface area contributed by atoms with Gasteiger partial charge < -0.3 is 46.0 Å². The first-order valence-electron chi connectivity index (χ1n) is 6.67. The topological polar surface area (TPSA) is 189 Å². The fourth-order valence-corrected chi connectivity index (χ4v) is 2.02. The molecule has 11 nitrogen and oxygen atoms in total. The first-order valence-corrected chi connectivity index (χ1v) is 6.67. The molecule has 0 heterocycles. The normalized spacial score (nSPS) is 13.1. The molecule has 0 saturated carbocycles. The predicted molar refractivity (Wildman–Crippen MR) is 71.8 cm³/mol. The standard InChI is InChI=1S/C11H26N2O9/c14-7(1-12(3-8(15)16)4-9(17)18)2-13(5-10(19)20)6-11(21)22/h7-11,14-22H,1-6H2. The van der Waals surface area contributed by atoms with Gasteiger partial charge in [0.1, 0.15) is 0 Å². The summed E-state index contributed by atoms with van der Waals surface area (Å²) in [6, 6.07) is 0. The molecule has 0 rings (SSSR count). The average molecular weight is 330 g/mol. The van der Waals surface area contributed by atoms with Crippen LogP contribution in [0.2, 0.25) is 0 Å². The summed E-state index contributed by atoms with van der Waals surface area (Å²) in [5, 5.41) is 81.1. The van der Waals surface area contributed by atoms with Gasteiger partial charge in [0.2, 0.25) is 0 Å². The van der Waals surface area contributed by atoms with Crippen molar-refractivity contribution in [3.8, 4) is 0 Å². The zero-order chi connectivity index (χ0) is 17.3. The van der Waals surface area contributed by atoms with Crippen LogP contribution in [0.1, 0.15) is 0 Å². The van der Waals surface area contributed by atoms with Crippen molar-refractivity contribution in [2.75, 3.05) is 39.3 Å². The van der Waals surface area contributed by atoms with E-state index in [1.54, 1.807) is 0 Å². The van der Waals surface area contributed by atoms with Crippen molar-refractivity contribution in [2.24, 2.45) is 0 Å². The molecule has 0 atom stereocenters. The molecule has 0 bridgehead atoms. The highest BCUT2D eigenvalue weighted by Crippen LogP contribution is 2.01. The van der Waals surface area contributed by atoms with Crippen LogP contribution in [0.4, 0.5) is 0 Å². The fraction of sp³-hybridized carbons (Fsp3) is 1.00. The van der Waals surface area contributed by atoms with Crippen molar-refractivity contribution in [3.05, 3.63) is 0 Å². The van der Waals surface area contributed by atoms with E-state index in [-0.39, 0.29) is 39.3 Å². The maximum atomic E-state index is 9.91. The van der Waals surface area contributed by atoms with Gasteiger partial charge in [0.05, 0.1) is 6.10 Å². The Labute approximate surface area is 127 Å². The molecule has 0 spiro atoms. The Morgan fingerprint density at radius 2 is 0.636 bits per heavy atom. The number of rotatable bonds is 12. The molecule has 11 heteroatoms. The summed E-state index contributed by atoms with van der Waals surface area (Å²) in [5.41, 5.74) is 0. The lowest BCUT2D eigenvalue weighted by Gasteiger charge is -2.30. The van der Waals surface area contributed by atoms with Crippen LogP contribution in [0.15, 0.2) is 0 Å². The molecule has 0 aromatic heterocycles. The van der Waals surface area contributed by atoms with Crippen LogP contribution in [0.25, 0.3) is 0 Å². The summed E-state index contributed by atoms with van der Waals surface area (Å²) >= 11 is 0. The van der Waals surface area contributed by atoms with Crippen molar-refractivity contribution in [2.45, 2.75) is 31.3 Å². The fourth-order valence-electron chi connectivity index (χ4n) is 2.02. The van der Waals surface area contributed by atoms with E-state index >= 15 is 0 Å². The van der Waals surface area contributed by atoms with E-state index in [2.05, 4.69) is 0 Å². The quantitative estimate of drug-likeness (QED) is 0.155. The van der Waals surface area contributed by atoms with Crippen molar-refractivity contribution < 1.29 is 46.0 Å². The molecule has 0 aromatic rings. The first kappa shape index (κ1) is 21.6. The van der Waals surface area contributed by atoms with E-state index in [0.717, 1.165) is 0 Å². The van der Waals surface area contributed by atoms with Gasteiger partial charge in [0, 0.05) is 39.3 Å². The van der Waals surface area contributed by atoms with Gasteiger partial charge in [-0.1, -0.05) is 0 Å². The molecule has 0 amide bonds. The highest BCUT2D eigenvalue weighted by atomic mass is 16.5. The third-order valence-electron chi connectivity index (χ3n) is 2.62. The second-order valence-corrected chi connectivity index (χ2v) is 5.01. The van der Waals surface area contributed by atoms with Crippen molar-refractivity contribution in [1.29, 1.82) is 0 Å². The molecular formula is C11H26N2O9. The minimum atomic E-state index is -1.74. The molecule has 22 heavy (non-hydrogen) atoms. The van der Waals surface area contributed by atoms with Crippen molar-refractivity contribution in [3.63, 3.8) is 0 Å². The Bertz CT molecular complexity index is 232. The average Bonchev–Trinajstić information content (AvgIpc) is 2.23. The van der Waals surface area contributed by atoms with Crippen LogP contribution in [0, 0.1) is 0 Å². The van der Waals surface area contributed by atoms with E-state index in [9.17, 15) is 5.11 Å². The molecule has 134 valence electrons. The third-order valence-corrected chi connectivity index (χ3v) is 2.62. The maximum absolute atomic E-state index is 9.91. The van der Waals surface area contributed by atoms with E-state index in [1.807, 2.05) is 0 Å². The lowest BCUT2D eigenvalue weighted by molar-refractivity contribution is -0.110. The van der Waals surface area contributed by atoms with Gasteiger partial charge in [-0.15, -0.1) is 0 Å². The van der Waals surface area contributed by atoms with Gasteiger partial charge in [0.15, 0.2) is 25.2 Å². The van der Waals surface area contributed by atoms with Crippen LogP contribution >= 0.6 is 0 Å². The van der Waals surface area contributed by atoms with Crippen molar-refractivity contribution >= 4 is 0 Å². The second-order valence-electron chi connectivity index (χ2n) is 5.01. The van der Waals surface area contributed by atoms with Crippen molar-refractivity contribution in [1.82, 2.24) is 9.80 Å². The van der Waals surface area contributed by atoms with Gasteiger partial charge in [0.25, 0.3) is 0 Å². The largest absolute Gasteiger partial charge is 0.390 e. The Balaban J connectivity index is 4.50. The van der Waals surface area contributed by atoms with Gasteiger partial charge in [-0.3, -0.25) is 9.80 Å². The molecule has 0 saturated heterocycles. The second kappa shape index (κ2) is 11.2. The Morgan fingerprint density at radius 3 is 0.818 bits per heavy atom. The Hall–Kier alpha value is -0.440. The smallest absolute Gasteiger partial charge is 0.164 e. The van der Waals surface area contributed by atoms with Crippen LogP contribution in [-0.4, -0.2) is 126 Å². The minimum Gasteiger partial charge on any atom is -0.390 e. The van der Waals surface area contributed by atoms with Crippen LogP contribution < -0.4 is 0 Å². The molecule has 0 aliphatic rings. The lowest BCUT2D eigenvalue weighted by Crippen LogP contribution is -2.47. The summed E-state index contributed by atoms with van der Waals surface area (Å²) in [7, 11) is 0.